The van der Waals surface area contributed by atoms with Crippen molar-refractivity contribution in [2.24, 2.45) is 0 Å². The molecule has 1 aliphatic heterocycles. The van der Waals surface area contributed by atoms with E-state index in [9.17, 15) is 9.59 Å². The minimum atomic E-state index is -0.635. The fourth-order valence-corrected chi connectivity index (χ4v) is 2.04. The van der Waals surface area contributed by atoms with Gasteiger partial charge in [0, 0.05) is 17.8 Å². The standard InChI is InChI=1S/C17H15NO6/c19-16(11-24-17(20)6-4-13-2-1-7-21-13)18-12-3-5-14-15(10-12)23-9-8-22-14/h1-7,10H,8-9,11H2,(H,18,19). The normalized spacial score (nSPS) is 12.8. The molecule has 0 saturated heterocycles. The summed E-state index contributed by atoms with van der Waals surface area (Å²) >= 11 is 0. The second-order valence-electron chi connectivity index (χ2n) is 4.86. The van der Waals surface area contributed by atoms with E-state index in [0.717, 1.165) is 0 Å². The van der Waals surface area contributed by atoms with Crippen molar-refractivity contribution in [3.63, 3.8) is 0 Å². The molecule has 2 heterocycles. The van der Waals surface area contributed by atoms with Gasteiger partial charge in [-0.15, -0.1) is 0 Å². The van der Waals surface area contributed by atoms with Crippen molar-refractivity contribution in [1.82, 2.24) is 0 Å². The monoisotopic (exact) mass is 329 g/mol. The summed E-state index contributed by atoms with van der Waals surface area (Å²) in [5.74, 6) is 0.633. The van der Waals surface area contributed by atoms with Gasteiger partial charge < -0.3 is 23.9 Å². The number of furan rings is 1. The van der Waals surface area contributed by atoms with Crippen molar-refractivity contribution >= 4 is 23.6 Å². The molecule has 2 aromatic rings. The number of ether oxygens (including phenoxy) is 3. The predicted octanol–water partition coefficient (Wildman–Crippen LogP) is 2.25. The van der Waals surface area contributed by atoms with Crippen molar-refractivity contribution < 1.29 is 28.2 Å². The Kier molecular flexibility index (Phi) is 4.81. The number of hydrogen-bond donors (Lipinski definition) is 1. The van der Waals surface area contributed by atoms with Gasteiger partial charge in [0.2, 0.25) is 0 Å². The lowest BCUT2D eigenvalue weighted by atomic mass is 10.2. The number of carbonyl (C=O) groups excluding carboxylic acids is 2. The molecule has 0 aliphatic carbocycles. The zero-order valence-electron chi connectivity index (χ0n) is 12.7. The van der Waals surface area contributed by atoms with Crippen LogP contribution in [0.15, 0.2) is 47.1 Å². The van der Waals surface area contributed by atoms with Gasteiger partial charge in [-0.05, 0) is 30.3 Å². The minimum Gasteiger partial charge on any atom is -0.486 e. The highest BCUT2D eigenvalue weighted by molar-refractivity contribution is 5.94. The van der Waals surface area contributed by atoms with Crippen molar-refractivity contribution in [1.29, 1.82) is 0 Å². The molecular weight excluding hydrogens is 314 g/mol. The quantitative estimate of drug-likeness (QED) is 0.669. The summed E-state index contributed by atoms with van der Waals surface area (Å²) in [6.45, 7) is 0.569. The Morgan fingerprint density at radius 1 is 1.17 bits per heavy atom. The molecule has 0 saturated carbocycles. The van der Waals surface area contributed by atoms with E-state index in [4.69, 9.17) is 18.6 Å². The lowest BCUT2D eigenvalue weighted by Crippen LogP contribution is -2.20. The average Bonchev–Trinajstić information content (AvgIpc) is 3.11. The molecule has 24 heavy (non-hydrogen) atoms. The van der Waals surface area contributed by atoms with E-state index in [0.29, 0.717) is 36.2 Å². The number of fused-ring (bicyclic) bond motifs is 1. The third-order valence-corrected chi connectivity index (χ3v) is 3.10. The summed E-state index contributed by atoms with van der Waals surface area (Å²) in [7, 11) is 0. The molecule has 3 rings (SSSR count). The molecule has 1 aromatic carbocycles. The number of rotatable bonds is 5. The largest absolute Gasteiger partial charge is 0.486 e. The van der Waals surface area contributed by atoms with E-state index in [-0.39, 0.29) is 0 Å². The molecule has 0 fully saturated rings. The molecule has 0 radical (unpaired) electrons. The van der Waals surface area contributed by atoms with Crippen LogP contribution in [0.5, 0.6) is 11.5 Å². The average molecular weight is 329 g/mol. The first kappa shape index (κ1) is 15.7. The molecule has 1 aromatic heterocycles. The van der Waals surface area contributed by atoms with Crippen molar-refractivity contribution in [3.05, 3.63) is 48.4 Å². The maximum atomic E-state index is 11.8. The SMILES string of the molecule is O=C(COC(=O)C=Cc1ccco1)Nc1ccc2c(c1)OCCO2. The van der Waals surface area contributed by atoms with E-state index < -0.39 is 18.5 Å². The zero-order valence-corrected chi connectivity index (χ0v) is 12.7. The Labute approximate surface area is 137 Å². The number of nitrogens with one attached hydrogen (secondary N) is 1. The third-order valence-electron chi connectivity index (χ3n) is 3.10. The zero-order chi connectivity index (χ0) is 16.8. The van der Waals surface area contributed by atoms with E-state index in [1.165, 1.54) is 18.4 Å². The van der Waals surface area contributed by atoms with Gasteiger partial charge in [-0.2, -0.15) is 0 Å². The minimum absolute atomic E-state index is 0.393. The Hall–Kier alpha value is -3.22. The number of amides is 1. The second-order valence-corrected chi connectivity index (χ2v) is 4.86. The van der Waals surface area contributed by atoms with Crippen LogP contribution in [0.4, 0.5) is 5.69 Å². The second kappa shape index (κ2) is 7.36. The van der Waals surface area contributed by atoms with Crippen LogP contribution in [0.3, 0.4) is 0 Å². The lowest BCUT2D eigenvalue weighted by Gasteiger charge is -2.18. The Balaban J connectivity index is 1.48. The van der Waals surface area contributed by atoms with Gasteiger partial charge in [-0.25, -0.2) is 4.79 Å². The number of hydrogen-bond acceptors (Lipinski definition) is 6. The van der Waals surface area contributed by atoms with Crippen LogP contribution in [0.1, 0.15) is 5.76 Å². The molecule has 1 aliphatic rings. The van der Waals surface area contributed by atoms with Gasteiger partial charge >= 0.3 is 5.97 Å². The van der Waals surface area contributed by atoms with Crippen molar-refractivity contribution in [3.8, 4) is 11.5 Å². The summed E-state index contributed by atoms with van der Waals surface area (Å²) in [5, 5.41) is 2.62. The number of anilines is 1. The molecule has 124 valence electrons. The molecule has 7 nitrogen and oxygen atoms in total. The van der Waals surface area contributed by atoms with Crippen LogP contribution >= 0.6 is 0 Å². The smallest absolute Gasteiger partial charge is 0.331 e. The highest BCUT2D eigenvalue weighted by atomic mass is 16.6. The molecule has 7 heteroatoms. The first-order valence-corrected chi connectivity index (χ1v) is 7.28. The van der Waals surface area contributed by atoms with Crippen LogP contribution in [0.25, 0.3) is 6.08 Å². The van der Waals surface area contributed by atoms with Crippen LogP contribution in [-0.4, -0.2) is 31.7 Å². The summed E-state index contributed by atoms with van der Waals surface area (Å²) in [6.07, 6.45) is 4.14. The van der Waals surface area contributed by atoms with Crippen LogP contribution in [0.2, 0.25) is 0 Å². The maximum Gasteiger partial charge on any atom is 0.331 e. The number of esters is 1. The maximum absolute atomic E-state index is 11.8. The van der Waals surface area contributed by atoms with Gasteiger partial charge in [-0.1, -0.05) is 0 Å². The first-order chi connectivity index (χ1) is 11.7. The number of carbonyl (C=O) groups is 2. The van der Waals surface area contributed by atoms with E-state index in [2.05, 4.69) is 5.32 Å². The van der Waals surface area contributed by atoms with Crippen molar-refractivity contribution in [2.45, 2.75) is 0 Å². The predicted molar refractivity (Wildman–Crippen MR) is 84.8 cm³/mol. The number of benzene rings is 1. The lowest BCUT2D eigenvalue weighted by molar-refractivity contribution is -0.142. The molecule has 0 atom stereocenters. The first-order valence-electron chi connectivity index (χ1n) is 7.28. The summed E-state index contributed by atoms with van der Waals surface area (Å²) in [6, 6.07) is 8.45. The van der Waals surface area contributed by atoms with E-state index in [1.807, 2.05) is 0 Å². The van der Waals surface area contributed by atoms with E-state index in [1.54, 1.807) is 30.3 Å². The third kappa shape index (κ3) is 4.16. The fourth-order valence-electron chi connectivity index (χ4n) is 2.04. The van der Waals surface area contributed by atoms with Gasteiger partial charge in [0.25, 0.3) is 5.91 Å². The van der Waals surface area contributed by atoms with Crippen LogP contribution < -0.4 is 14.8 Å². The molecule has 1 amide bonds. The Bertz CT molecular complexity index is 750. The highest BCUT2D eigenvalue weighted by Gasteiger charge is 2.13. The molecular formula is C17H15NO6. The summed E-state index contributed by atoms with van der Waals surface area (Å²) in [4.78, 5) is 23.3. The van der Waals surface area contributed by atoms with Crippen molar-refractivity contribution in [2.75, 3.05) is 25.1 Å². The Morgan fingerprint density at radius 3 is 2.79 bits per heavy atom. The molecule has 0 unspecified atom stereocenters. The molecule has 1 N–H and O–H groups in total. The van der Waals surface area contributed by atoms with Crippen LogP contribution in [0, 0.1) is 0 Å². The van der Waals surface area contributed by atoms with Gasteiger partial charge in [0.05, 0.1) is 6.26 Å². The van der Waals surface area contributed by atoms with E-state index >= 15 is 0 Å². The topological polar surface area (TPSA) is 87.0 Å². The van der Waals surface area contributed by atoms with Gasteiger partial charge in [0.1, 0.15) is 19.0 Å². The fraction of sp³-hybridized carbons (Fsp3) is 0.176. The highest BCUT2D eigenvalue weighted by Crippen LogP contribution is 2.32. The van der Waals surface area contributed by atoms with Crippen LogP contribution in [-0.2, 0) is 14.3 Å². The summed E-state index contributed by atoms with van der Waals surface area (Å²) < 4.78 is 20.7. The Morgan fingerprint density at radius 2 is 2.00 bits per heavy atom. The summed E-state index contributed by atoms with van der Waals surface area (Å²) in [5.41, 5.74) is 0.534. The van der Waals surface area contributed by atoms with Gasteiger partial charge in [-0.3, -0.25) is 4.79 Å². The molecule has 0 spiro atoms. The van der Waals surface area contributed by atoms with Gasteiger partial charge in [0.15, 0.2) is 18.1 Å². The molecule has 0 bridgehead atoms.